The van der Waals surface area contributed by atoms with Crippen molar-refractivity contribution in [3.05, 3.63) is 0 Å². The predicted molar refractivity (Wildman–Crippen MR) is 62.5 cm³/mol. The molecule has 0 unspecified atom stereocenters. The monoisotopic (exact) mass is 212 g/mol. The Kier molecular flexibility index (Phi) is 5.69. The normalized spacial score (nSPS) is 21.5. The molecule has 88 valence electrons. The lowest BCUT2D eigenvalue weighted by Gasteiger charge is -2.20. The van der Waals surface area contributed by atoms with Gasteiger partial charge in [0.2, 0.25) is 5.91 Å². The second-order valence-electron chi connectivity index (χ2n) is 4.74. The van der Waals surface area contributed by atoms with Crippen LogP contribution in [0.25, 0.3) is 0 Å². The molecule has 1 rings (SSSR count). The van der Waals surface area contributed by atoms with Gasteiger partial charge in [-0.3, -0.25) is 4.79 Å². The van der Waals surface area contributed by atoms with E-state index in [1.165, 1.54) is 44.9 Å². The maximum absolute atomic E-state index is 11.3. The molecular weight excluding hydrogens is 188 g/mol. The molecular formula is C12H24N2O. The number of hydrogen-bond acceptors (Lipinski definition) is 2. The summed E-state index contributed by atoms with van der Waals surface area (Å²) >= 11 is 0. The predicted octanol–water partition coefficient (Wildman–Crippen LogP) is 1.81. The maximum atomic E-state index is 11.3. The standard InChI is InChI=1S/C12H24N2O/c1-10(13)12(15)14-9-11-7-5-3-2-4-6-8-11/h10-11H,2-9,13H2,1H3,(H,14,15)/t10-/m0/s1. The minimum atomic E-state index is -0.376. The van der Waals surface area contributed by atoms with Gasteiger partial charge in [0.1, 0.15) is 0 Å². The third-order valence-corrected chi connectivity index (χ3v) is 3.20. The van der Waals surface area contributed by atoms with E-state index in [0.717, 1.165) is 6.54 Å². The molecule has 1 aliphatic carbocycles. The van der Waals surface area contributed by atoms with Crippen molar-refractivity contribution in [3.63, 3.8) is 0 Å². The lowest BCUT2D eigenvalue weighted by atomic mass is 9.91. The number of nitrogens with two attached hydrogens (primary N) is 1. The highest BCUT2D eigenvalue weighted by atomic mass is 16.2. The van der Waals surface area contributed by atoms with E-state index in [9.17, 15) is 4.79 Å². The zero-order valence-electron chi connectivity index (χ0n) is 9.80. The second-order valence-corrected chi connectivity index (χ2v) is 4.74. The smallest absolute Gasteiger partial charge is 0.236 e. The molecule has 0 radical (unpaired) electrons. The van der Waals surface area contributed by atoms with Crippen LogP contribution in [-0.2, 0) is 4.79 Å². The quantitative estimate of drug-likeness (QED) is 0.749. The van der Waals surface area contributed by atoms with E-state index in [0.29, 0.717) is 5.92 Å². The summed E-state index contributed by atoms with van der Waals surface area (Å²) in [5, 5.41) is 2.94. The van der Waals surface area contributed by atoms with E-state index in [2.05, 4.69) is 5.32 Å². The third-order valence-electron chi connectivity index (χ3n) is 3.20. The summed E-state index contributed by atoms with van der Waals surface area (Å²) in [6.07, 6.45) is 9.27. The van der Waals surface area contributed by atoms with E-state index in [1.54, 1.807) is 6.92 Å². The van der Waals surface area contributed by atoms with Gasteiger partial charge >= 0.3 is 0 Å². The Morgan fingerprint density at radius 1 is 1.27 bits per heavy atom. The Morgan fingerprint density at radius 3 is 2.33 bits per heavy atom. The van der Waals surface area contributed by atoms with Crippen molar-refractivity contribution < 1.29 is 4.79 Å². The lowest BCUT2D eigenvalue weighted by Crippen LogP contribution is -2.40. The van der Waals surface area contributed by atoms with Crippen LogP contribution in [0, 0.1) is 5.92 Å². The summed E-state index contributed by atoms with van der Waals surface area (Å²) in [6.45, 7) is 2.55. The fourth-order valence-corrected chi connectivity index (χ4v) is 2.15. The van der Waals surface area contributed by atoms with Crippen molar-refractivity contribution in [2.75, 3.05) is 6.54 Å². The van der Waals surface area contributed by atoms with Crippen LogP contribution in [0.4, 0.5) is 0 Å². The van der Waals surface area contributed by atoms with E-state index in [1.807, 2.05) is 0 Å². The molecule has 1 amide bonds. The van der Waals surface area contributed by atoms with Gasteiger partial charge in [0, 0.05) is 6.54 Å². The number of hydrogen-bond donors (Lipinski definition) is 2. The van der Waals surface area contributed by atoms with E-state index in [-0.39, 0.29) is 11.9 Å². The van der Waals surface area contributed by atoms with Crippen LogP contribution in [0.2, 0.25) is 0 Å². The van der Waals surface area contributed by atoms with Crippen molar-refractivity contribution in [2.24, 2.45) is 11.7 Å². The van der Waals surface area contributed by atoms with Crippen LogP contribution in [0.5, 0.6) is 0 Å². The molecule has 15 heavy (non-hydrogen) atoms. The Labute approximate surface area is 92.8 Å². The van der Waals surface area contributed by atoms with Gasteiger partial charge in [-0.05, 0) is 25.7 Å². The molecule has 3 heteroatoms. The number of rotatable bonds is 3. The van der Waals surface area contributed by atoms with E-state index in [4.69, 9.17) is 5.73 Å². The molecule has 0 aromatic heterocycles. The zero-order chi connectivity index (χ0) is 11.1. The SMILES string of the molecule is C[C@H](N)C(=O)NCC1CCCCCCC1. The topological polar surface area (TPSA) is 55.1 Å². The highest BCUT2D eigenvalue weighted by Crippen LogP contribution is 2.21. The summed E-state index contributed by atoms with van der Waals surface area (Å²) in [5.74, 6) is 0.657. The highest BCUT2D eigenvalue weighted by molar-refractivity contribution is 5.80. The van der Waals surface area contributed by atoms with Crippen molar-refractivity contribution in [1.29, 1.82) is 0 Å². The number of carbonyl (C=O) groups is 1. The fourth-order valence-electron chi connectivity index (χ4n) is 2.15. The third kappa shape index (κ3) is 5.17. The van der Waals surface area contributed by atoms with Gasteiger partial charge in [-0.15, -0.1) is 0 Å². The van der Waals surface area contributed by atoms with Crippen molar-refractivity contribution in [2.45, 2.75) is 57.9 Å². The maximum Gasteiger partial charge on any atom is 0.236 e. The van der Waals surface area contributed by atoms with Crippen molar-refractivity contribution in [1.82, 2.24) is 5.32 Å². The van der Waals surface area contributed by atoms with Crippen LogP contribution in [0.1, 0.15) is 51.9 Å². The molecule has 0 spiro atoms. The van der Waals surface area contributed by atoms with E-state index < -0.39 is 0 Å². The molecule has 0 heterocycles. The van der Waals surface area contributed by atoms with E-state index >= 15 is 0 Å². The first kappa shape index (κ1) is 12.5. The van der Waals surface area contributed by atoms with Gasteiger partial charge in [-0.2, -0.15) is 0 Å². The molecule has 0 aliphatic heterocycles. The van der Waals surface area contributed by atoms with Gasteiger partial charge in [0.05, 0.1) is 6.04 Å². The number of amides is 1. The van der Waals surface area contributed by atoms with Crippen LogP contribution < -0.4 is 11.1 Å². The molecule has 0 aromatic carbocycles. The van der Waals surface area contributed by atoms with Gasteiger partial charge in [0.15, 0.2) is 0 Å². The summed E-state index contributed by atoms with van der Waals surface area (Å²) in [5.41, 5.74) is 5.50. The lowest BCUT2D eigenvalue weighted by molar-refractivity contribution is -0.122. The summed E-state index contributed by atoms with van der Waals surface area (Å²) < 4.78 is 0. The Hall–Kier alpha value is -0.570. The molecule has 1 aliphatic rings. The summed E-state index contributed by atoms with van der Waals surface area (Å²) in [4.78, 5) is 11.3. The van der Waals surface area contributed by atoms with Crippen molar-refractivity contribution in [3.8, 4) is 0 Å². The first-order valence-corrected chi connectivity index (χ1v) is 6.23. The molecule has 0 aromatic rings. The second kappa shape index (κ2) is 6.83. The van der Waals surface area contributed by atoms with Crippen molar-refractivity contribution >= 4 is 5.91 Å². The van der Waals surface area contributed by atoms with Gasteiger partial charge in [-0.25, -0.2) is 0 Å². The Morgan fingerprint density at radius 2 is 1.80 bits per heavy atom. The highest BCUT2D eigenvalue weighted by Gasteiger charge is 2.13. The molecule has 0 bridgehead atoms. The van der Waals surface area contributed by atoms with Gasteiger partial charge in [0.25, 0.3) is 0 Å². The van der Waals surface area contributed by atoms with Gasteiger partial charge < -0.3 is 11.1 Å². The first-order valence-electron chi connectivity index (χ1n) is 6.23. The first-order chi connectivity index (χ1) is 7.20. The number of carbonyl (C=O) groups excluding carboxylic acids is 1. The average molecular weight is 212 g/mol. The Balaban J connectivity index is 2.20. The largest absolute Gasteiger partial charge is 0.354 e. The summed E-state index contributed by atoms with van der Waals surface area (Å²) in [7, 11) is 0. The molecule has 3 nitrogen and oxygen atoms in total. The molecule has 3 N–H and O–H groups in total. The van der Waals surface area contributed by atoms with Crippen LogP contribution in [0.15, 0.2) is 0 Å². The van der Waals surface area contributed by atoms with Gasteiger partial charge in [-0.1, -0.05) is 32.1 Å². The van der Waals surface area contributed by atoms with Crippen LogP contribution >= 0.6 is 0 Å². The molecule has 1 saturated carbocycles. The average Bonchev–Trinajstić information content (AvgIpc) is 2.15. The van der Waals surface area contributed by atoms with Crippen LogP contribution in [0.3, 0.4) is 0 Å². The minimum absolute atomic E-state index is 0.0166. The zero-order valence-corrected chi connectivity index (χ0v) is 9.80. The molecule has 1 fully saturated rings. The molecule has 1 atom stereocenters. The fraction of sp³-hybridized carbons (Fsp3) is 0.917. The molecule has 0 saturated heterocycles. The summed E-state index contributed by atoms with van der Waals surface area (Å²) in [6, 6.07) is -0.376. The number of nitrogens with one attached hydrogen (secondary N) is 1. The Bertz CT molecular complexity index is 184. The van der Waals surface area contributed by atoms with Crippen LogP contribution in [-0.4, -0.2) is 18.5 Å². The minimum Gasteiger partial charge on any atom is -0.354 e.